The van der Waals surface area contributed by atoms with Gasteiger partial charge in [-0.2, -0.15) is 9.78 Å². The fourth-order valence-corrected chi connectivity index (χ4v) is 4.49. The van der Waals surface area contributed by atoms with Crippen molar-refractivity contribution >= 4 is 23.5 Å². The van der Waals surface area contributed by atoms with Crippen LogP contribution in [0.1, 0.15) is 48.8 Å². The van der Waals surface area contributed by atoms with Gasteiger partial charge in [-0.1, -0.05) is 41.9 Å². The Bertz CT molecular complexity index is 1370. The second-order valence-electron chi connectivity index (χ2n) is 8.62. The van der Waals surface area contributed by atoms with E-state index in [-0.39, 0.29) is 19.1 Å². The summed E-state index contributed by atoms with van der Waals surface area (Å²) in [5.41, 5.74) is -0.778. The Morgan fingerprint density at radius 2 is 1.81 bits per heavy atom. The van der Waals surface area contributed by atoms with E-state index in [1.54, 1.807) is 50.2 Å². The van der Waals surface area contributed by atoms with Crippen LogP contribution < -0.4 is 11.2 Å². The molecule has 1 fully saturated rings. The van der Waals surface area contributed by atoms with Gasteiger partial charge in [-0.15, -0.1) is 0 Å². The predicted octanol–water partition coefficient (Wildman–Crippen LogP) is 3.07. The number of halogens is 1. The highest BCUT2D eigenvalue weighted by atomic mass is 35.5. The number of hydrogen-bond acceptors (Lipinski definition) is 6. The summed E-state index contributed by atoms with van der Waals surface area (Å²) in [6, 6.07) is 14.8. The minimum atomic E-state index is -0.787. The summed E-state index contributed by atoms with van der Waals surface area (Å²) in [6.07, 6.45) is 1.18. The van der Waals surface area contributed by atoms with E-state index in [1.165, 1.54) is 4.90 Å². The van der Waals surface area contributed by atoms with Crippen LogP contribution in [0.2, 0.25) is 5.02 Å². The van der Waals surface area contributed by atoms with Crippen molar-refractivity contribution in [3.8, 4) is 5.69 Å². The van der Waals surface area contributed by atoms with Crippen LogP contribution in [-0.2, 0) is 9.53 Å². The molecule has 0 bridgehead atoms. The fraction of sp³-hybridized carbons (Fsp3) is 0.346. The van der Waals surface area contributed by atoms with Gasteiger partial charge in [-0.25, -0.2) is 9.36 Å². The van der Waals surface area contributed by atoms with E-state index in [0.29, 0.717) is 30.1 Å². The first kappa shape index (κ1) is 25.4. The summed E-state index contributed by atoms with van der Waals surface area (Å²) in [5.74, 6) is -1.48. The van der Waals surface area contributed by atoms with Gasteiger partial charge in [0.1, 0.15) is 0 Å². The summed E-state index contributed by atoms with van der Waals surface area (Å²) in [4.78, 5) is 54.4. The van der Waals surface area contributed by atoms with Crippen molar-refractivity contribution in [3.63, 3.8) is 0 Å². The molecule has 4 rings (SSSR count). The highest BCUT2D eigenvalue weighted by Gasteiger charge is 2.33. The molecule has 1 aliphatic rings. The quantitative estimate of drug-likeness (QED) is 0.472. The van der Waals surface area contributed by atoms with Gasteiger partial charge < -0.3 is 9.64 Å². The molecule has 0 saturated carbocycles. The molecule has 36 heavy (non-hydrogen) atoms. The van der Waals surface area contributed by atoms with E-state index in [4.69, 9.17) is 16.3 Å². The highest BCUT2D eigenvalue weighted by molar-refractivity contribution is 6.30. The molecule has 2 heterocycles. The summed E-state index contributed by atoms with van der Waals surface area (Å²) >= 11 is 6.01. The fourth-order valence-electron chi connectivity index (χ4n) is 4.36. The molecule has 2 aromatic carbocycles. The Morgan fingerprint density at radius 1 is 1.11 bits per heavy atom. The van der Waals surface area contributed by atoms with Gasteiger partial charge >= 0.3 is 11.7 Å². The number of esters is 1. The molecule has 9 nitrogen and oxygen atoms in total. The Morgan fingerprint density at radius 3 is 2.47 bits per heavy atom. The first-order valence-electron chi connectivity index (χ1n) is 11.8. The van der Waals surface area contributed by atoms with Crippen molar-refractivity contribution in [2.75, 3.05) is 19.7 Å². The molecule has 3 aromatic rings. The number of benzene rings is 2. The zero-order valence-corrected chi connectivity index (χ0v) is 20.9. The lowest BCUT2D eigenvalue weighted by Gasteiger charge is -2.31. The van der Waals surface area contributed by atoms with Crippen LogP contribution in [0.3, 0.4) is 0 Å². The molecule has 0 radical (unpaired) electrons. The van der Waals surface area contributed by atoms with Gasteiger partial charge in [-0.05, 0) is 56.5 Å². The minimum Gasteiger partial charge on any atom is -0.466 e. The predicted molar refractivity (Wildman–Crippen MR) is 135 cm³/mol. The molecule has 0 aliphatic carbocycles. The first-order valence-corrected chi connectivity index (χ1v) is 12.2. The Balaban J connectivity index is 1.82. The smallest absolute Gasteiger partial charge is 0.352 e. The van der Waals surface area contributed by atoms with Crippen molar-refractivity contribution < 1.29 is 14.3 Å². The summed E-state index contributed by atoms with van der Waals surface area (Å²) < 4.78 is 7.20. The van der Waals surface area contributed by atoms with Gasteiger partial charge in [0.15, 0.2) is 0 Å². The third-order valence-corrected chi connectivity index (χ3v) is 6.53. The third-order valence-electron chi connectivity index (χ3n) is 6.28. The zero-order chi connectivity index (χ0) is 25.8. The standard InChI is InChI=1S/C26H27ClN4O5/c1-3-36-25(34)19-10-7-15-29(16-19)23(32)22-24(33)30(17(2)18-8-5-4-6-9-18)26(35)31(28-22)21-13-11-20(27)12-14-21/h4-6,8-9,11-14,17,19H,3,7,10,15-16H2,1-2H3. The van der Waals surface area contributed by atoms with Crippen LogP contribution in [0.4, 0.5) is 0 Å². The lowest BCUT2D eigenvalue weighted by atomic mass is 9.98. The Hall–Kier alpha value is -3.72. The van der Waals surface area contributed by atoms with Crippen LogP contribution in [-0.4, -0.2) is 50.8 Å². The molecule has 188 valence electrons. The molecule has 10 heteroatoms. The van der Waals surface area contributed by atoms with Crippen LogP contribution >= 0.6 is 11.6 Å². The third kappa shape index (κ3) is 5.11. The van der Waals surface area contributed by atoms with Crippen molar-refractivity contribution in [1.82, 2.24) is 19.2 Å². The molecule has 1 aliphatic heterocycles. The summed E-state index contributed by atoms with van der Waals surface area (Å²) in [6.45, 7) is 4.18. The van der Waals surface area contributed by atoms with E-state index < -0.39 is 34.8 Å². The molecule has 2 atom stereocenters. The maximum absolute atomic E-state index is 13.6. The van der Waals surface area contributed by atoms with Gasteiger partial charge in [0.25, 0.3) is 11.5 Å². The molecule has 2 unspecified atom stereocenters. The van der Waals surface area contributed by atoms with Crippen molar-refractivity contribution in [3.05, 3.63) is 91.7 Å². The maximum atomic E-state index is 13.6. The van der Waals surface area contributed by atoms with Gasteiger partial charge in [0, 0.05) is 18.1 Å². The lowest BCUT2D eigenvalue weighted by molar-refractivity contribution is -0.149. The number of carbonyl (C=O) groups is 2. The van der Waals surface area contributed by atoms with E-state index in [0.717, 1.165) is 14.8 Å². The summed E-state index contributed by atoms with van der Waals surface area (Å²) in [7, 11) is 0. The maximum Gasteiger partial charge on any atom is 0.352 e. The van der Waals surface area contributed by atoms with E-state index in [9.17, 15) is 19.2 Å². The molecule has 0 spiro atoms. The number of carbonyl (C=O) groups excluding carboxylic acids is 2. The molecular weight excluding hydrogens is 484 g/mol. The highest BCUT2D eigenvalue weighted by Crippen LogP contribution is 2.20. The van der Waals surface area contributed by atoms with Gasteiger partial charge in [-0.3, -0.25) is 14.4 Å². The van der Waals surface area contributed by atoms with E-state index >= 15 is 0 Å². The van der Waals surface area contributed by atoms with Crippen molar-refractivity contribution in [2.24, 2.45) is 5.92 Å². The van der Waals surface area contributed by atoms with E-state index in [1.807, 2.05) is 18.2 Å². The topological polar surface area (TPSA) is 104 Å². The van der Waals surface area contributed by atoms with Crippen LogP contribution in [0.25, 0.3) is 5.69 Å². The average molecular weight is 511 g/mol. The van der Waals surface area contributed by atoms with Crippen LogP contribution in [0.15, 0.2) is 64.2 Å². The minimum absolute atomic E-state index is 0.118. The molecule has 1 aromatic heterocycles. The normalized spacial score (nSPS) is 16.4. The zero-order valence-electron chi connectivity index (χ0n) is 20.1. The number of likely N-dealkylation sites (tertiary alicyclic amines) is 1. The monoisotopic (exact) mass is 510 g/mol. The second kappa shape index (κ2) is 10.9. The number of amides is 1. The molecule has 1 amide bonds. The van der Waals surface area contributed by atoms with E-state index in [2.05, 4.69) is 5.10 Å². The number of ether oxygens (including phenoxy) is 1. The second-order valence-corrected chi connectivity index (χ2v) is 9.06. The largest absolute Gasteiger partial charge is 0.466 e. The molecule has 1 saturated heterocycles. The lowest BCUT2D eigenvalue weighted by Crippen LogP contribution is -2.50. The van der Waals surface area contributed by atoms with Crippen molar-refractivity contribution in [1.29, 1.82) is 0 Å². The average Bonchev–Trinajstić information content (AvgIpc) is 2.90. The number of hydrogen-bond donors (Lipinski definition) is 0. The molecular formula is C26H27ClN4O5. The van der Waals surface area contributed by atoms with Crippen LogP contribution in [0.5, 0.6) is 0 Å². The van der Waals surface area contributed by atoms with Gasteiger partial charge in [0.05, 0.1) is 24.3 Å². The number of nitrogens with zero attached hydrogens (tertiary/aromatic N) is 4. The number of piperidine rings is 1. The first-order chi connectivity index (χ1) is 17.3. The van der Waals surface area contributed by atoms with Crippen molar-refractivity contribution in [2.45, 2.75) is 32.7 Å². The van der Waals surface area contributed by atoms with Gasteiger partial charge in [0.2, 0.25) is 5.69 Å². The Labute approximate surface area is 212 Å². The number of rotatable bonds is 6. The SMILES string of the molecule is CCOC(=O)C1CCCN(C(=O)c2nn(-c3ccc(Cl)cc3)c(=O)n(C(C)c3ccccc3)c2=O)C1. The Kier molecular flexibility index (Phi) is 7.69. The summed E-state index contributed by atoms with van der Waals surface area (Å²) in [5, 5.41) is 4.68. The molecule has 0 N–H and O–H groups in total. The number of aromatic nitrogens is 3. The van der Waals surface area contributed by atoms with Crippen LogP contribution in [0, 0.1) is 5.92 Å².